The van der Waals surface area contributed by atoms with Gasteiger partial charge in [-0.15, -0.1) is 0 Å². The summed E-state index contributed by atoms with van der Waals surface area (Å²) in [6.45, 7) is 0.714. The number of carbonyl (C=O) groups is 1. The third-order valence-corrected chi connectivity index (χ3v) is 2.36. The molecule has 0 unspecified atom stereocenters. The lowest BCUT2D eigenvalue weighted by molar-refractivity contribution is 0.0696. The van der Waals surface area contributed by atoms with Gasteiger partial charge in [0.2, 0.25) is 0 Å². The Labute approximate surface area is 96.9 Å². The molecule has 0 aliphatic carbocycles. The Morgan fingerprint density at radius 2 is 2.33 bits per heavy atom. The molecule has 0 saturated heterocycles. The van der Waals surface area contributed by atoms with Gasteiger partial charge in [0.15, 0.2) is 0 Å². The van der Waals surface area contributed by atoms with Gasteiger partial charge in [-0.2, -0.15) is 0 Å². The Morgan fingerprint density at radius 3 is 2.93 bits per heavy atom. The van der Waals surface area contributed by atoms with E-state index >= 15 is 0 Å². The van der Waals surface area contributed by atoms with Crippen molar-refractivity contribution in [3.05, 3.63) is 39.9 Å². The summed E-state index contributed by atoms with van der Waals surface area (Å²) in [7, 11) is 1.84. The largest absolute Gasteiger partial charge is 0.478 e. The number of likely N-dealkylation sites (N-methyl/N-ethyl adjacent to an activating group) is 1. The van der Waals surface area contributed by atoms with Gasteiger partial charge in [0.1, 0.15) is 0 Å². The summed E-state index contributed by atoms with van der Waals surface area (Å²) >= 11 is 3.31. The smallest absolute Gasteiger partial charge is 0.336 e. The lowest BCUT2D eigenvalue weighted by Gasteiger charge is -2.01. The van der Waals surface area contributed by atoms with Crippen LogP contribution in [0.1, 0.15) is 15.9 Å². The highest BCUT2D eigenvalue weighted by Gasteiger charge is 2.07. The summed E-state index contributed by atoms with van der Waals surface area (Å²) in [5, 5.41) is 11.9. The minimum absolute atomic E-state index is 0.311. The molecule has 0 bridgehead atoms. The minimum atomic E-state index is -0.911. The van der Waals surface area contributed by atoms with E-state index in [1.54, 1.807) is 24.3 Å². The average molecular weight is 270 g/mol. The monoisotopic (exact) mass is 269 g/mol. The molecule has 0 amide bonds. The molecule has 0 saturated carbocycles. The molecule has 0 spiro atoms. The summed E-state index contributed by atoms with van der Waals surface area (Å²) in [5.74, 6) is -0.911. The van der Waals surface area contributed by atoms with E-state index in [0.29, 0.717) is 17.7 Å². The second kappa shape index (κ2) is 5.68. The third kappa shape index (κ3) is 3.49. The number of carboxylic acid groups (broad SMARTS) is 1. The van der Waals surface area contributed by atoms with E-state index in [0.717, 1.165) is 4.47 Å². The normalized spacial score (nSPS) is 10.8. The first-order chi connectivity index (χ1) is 7.15. The zero-order valence-electron chi connectivity index (χ0n) is 8.33. The van der Waals surface area contributed by atoms with Gasteiger partial charge in [-0.3, -0.25) is 0 Å². The summed E-state index contributed by atoms with van der Waals surface area (Å²) in [5.41, 5.74) is 1.01. The van der Waals surface area contributed by atoms with Gasteiger partial charge in [-0.05, 0) is 30.8 Å². The van der Waals surface area contributed by atoms with Crippen molar-refractivity contribution in [1.82, 2.24) is 5.32 Å². The molecule has 1 rings (SSSR count). The molecule has 0 radical (unpaired) electrons. The Balaban J connectivity index is 3.02. The van der Waals surface area contributed by atoms with Crippen LogP contribution in [0.4, 0.5) is 0 Å². The van der Waals surface area contributed by atoms with Crippen LogP contribution in [0.15, 0.2) is 28.7 Å². The number of benzene rings is 1. The van der Waals surface area contributed by atoms with E-state index in [1.165, 1.54) is 0 Å². The van der Waals surface area contributed by atoms with E-state index in [-0.39, 0.29) is 0 Å². The number of carboxylic acids is 1. The van der Waals surface area contributed by atoms with Gasteiger partial charge >= 0.3 is 5.97 Å². The summed E-state index contributed by atoms with van der Waals surface area (Å²) in [4.78, 5) is 10.9. The predicted octanol–water partition coefficient (Wildman–Crippen LogP) is 2.38. The van der Waals surface area contributed by atoms with Crippen LogP contribution < -0.4 is 5.32 Å². The van der Waals surface area contributed by atoms with Gasteiger partial charge in [-0.1, -0.05) is 28.1 Å². The van der Waals surface area contributed by atoms with E-state index in [2.05, 4.69) is 21.2 Å². The molecule has 0 aliphatic heterocycles. The summed E-state index contributed by atoms with van der Waals surface area (Å²) in [6.07, 6.45) is 3.68. The van der Waals surface area contributed by atoms with Crippen LogP contribution in [0, 0.1) is 0 Å². The molecule has 80 valence electrons. The molecular formula is C11H12BrNO2. The van der Waals surface area contributed by atoms with Gasteiger partial charge in [0.05, 0.1) is 5.56 Å². The topological polar surface area (TPSA) is 49.3 Å². The van der Waals surface area contributed by atoms with Crippen molar-refractivity contribution in [2.24, 2.45) is 0 Å². The quantitative estimate of drug-likeness (QED) is 0.883. The second-order valence-electron chi connectivity index (χ2n) is 3.00. The minimum Gasteiger partial charge on any atom is -0.478 e. The average Bonchev–Trinajstić information content (AvgIpc) is 2.18. The fraction of sp³-hybridized carbons (Fsp3) is 0.182. The van der Waals surface area contributed by atoms with Crippen LogP contribution in [0.5, 0.6) is 0 Å². The molecule has 4 heteroatoms. The molecular weight excluding hydrogens is 258 g/mol. The number of nitrogens with one attached hydrogen (secondary N) is 1. The zero-order chi connectivity index (χ0) is 11.3. The molecule has 1 aromatic rings. The van der Waals surface area contributed by atoms with Crippen molar-refractivity contribution in [2.75, 3.05) is 13.6 Å². The zero-order valence-corrected chi connectivity index (χ0v) is 9.91. The number of halogens is 1. The highest BCUT2D eigenvalue weighted by molar-refractivity contribution is 9.10. The Bertz CT molecular complexity index is 388. The molecule has 3 nitrogen and oxygen atoms in total. The standard InChI is InChI=1S/C11H12BrNO2/c1-13-6-2-3-8-7-9(12)4-5-10(8)11(14)15/h2-5,7,13H,6H2,1H3,(H,14,15). The molecule has 0 fully saturated rings. The van der Waals surface area contributed by atoms with Crippen molar-refractivity contribution in [3.63, 3.8) is 0 Å². The Hall–Kier alpha value is -1.13. The second-order valence-corrected chi connectivity index (χ2v) is 3.91. The Kier molecular flexibility index (Phi) is 4.52. The Morgan fingerprint density at radius 1 is 1.60 bits per heavy atom. The number of aromatic carboxylic acids is 1. The van der Waals surface area contributed by atoms with E-state index in [9.17, 15) is 4.79 Å². The van der Waals surface area contributed by atoms with Crippen LogP contribution in [0.25, 0.3) is 6.08 Å². The molecule has 2 N–H and O–H groups in total. The van der Waals surface area contributed by atoms with Crippen molar-refractivity contribution >= 4 is 28.0 Å². The van der Waals surface area contributed by atoms with Crippen LogP contribution in [-0.4, -0.2) is 24.7 Å². The maximum absolute atomic E-state index is 10.9. The maximum atomic E-state index is 10.9. The fourth-order valence-electron chi connectivity index (χ4n) is 1.17. The first kappa shape index (κ1) is 11.9. The van der Waals surface area contributed by atoms with E-state index < -0.39 is 5.97 Å². The predicted molar refractivity (Wildman–Crippen MR) is 64.1 cm³/mol. The highest BCUT2D eigenvalue weighted by Crippen LogP contribution is 2.18. The number of hydrogen-bond donors (Lipinski definition) is 2. The van der Waals surface area contributed by atoms with Crippen molar-refractivity contribution in [3.8, 4) is 0 Å². The fourth-order valence-corrected chi connectivity index (χ4v) is 1.55. The van der Waals surface area contributed by atoms with Crippen LogP contribution in [-0.2, 0) is 0 Å². The number of rotatable bonds is 4. The highest BCUT2D eigenvalue weighted by atomic mass is 79.9. The molecule has 0 heterocycles. The summed E-state index contributed by atoms with van der Waals surface area (Å²) < 4.78 is 0.872. The van der Waals surface area contributed by atoms with Gasteiger partial charge in [-0.25, -0.2) is 4.79 Å². The maximum Gasteiger partial charge on any atom is 0.336 e. The molecule has 15 heavy (non-hydrogen) atoms. The first-order valence-corrected chi connectivity index (χ1v) is 5.28. The van der Waals surface area contributed by atoms with Crippen LogP contribution in [0.3, 0.4) is 0 Å². The van der Waals surface area contributed by atoms with Crippen LogP contribution >= 0.6 is 15.9 Å². The van der Waals surface area contributed by atoms with E-state index in [1.807, 2.05) is 13.1 Å². The molecule has 1 aromatic carbocycles. The number of hydrogen-bond acceptors (Lipinski definition) is 2. The molecule has 0 aliphatic rings. The lowest BCUT2D eigenvalue weighted by atomic mass is 10.1. The van der Waals surface area contributed by atoms with Crippen LogP contribution in [0.2, 0.25) is 0 Å². The molecule has 0 aromatic heterocycles. The summed E-state index contributed by atoms with van der Waals surface area (Å²) in [6, 6.07) is 5.10. The van der Waals surface area contributed by atoms with E-state index in [4.69, 9.17) is 5.11 Å². The van der Waals surface area contributed by atoms with Gasteiger partial charge in [0.25, 0.3) is 0 Å². The lowest BCUT2D eigenvalue weighted by Crippen LogP contribution is -2.04. The third-order valence-electron chi connectivity index (χ3n) is 1.86. The van der Waals surface area contributed by atoms with Gasteiger partial charge < -0.3 is 10.4 Å². The van der Waals surface area contributed by atoms with Crippen molar-refractivity contribution < 1.29 is 9.90 Å². The SMILES string of the molecule is CNCC=Cc1cc(Br)ccc1C(=O)O. The molecule has 0 atom stereocenters. The van der Waals surface area contributed by atoms with Crippen molar-refractivity contribution in [1.29, 1.82) is 0 Å². The first-order valence-electron chi connectivity index (χ1n) is 4.49. The van der Waals surface area contributed by atoms with Gasteiger partial charge in [0, 0.05) is 11.0 Å². The van der Waals surface area contributed by atoms with Crippen molar-refractivity contribution in [2.45, 2.75) is 0 Å².